The van der Waals surface area contributed by atoms with Crippen LogP contribution in [0, 0.1) is 0 Å². The second-order valence-corrected chi connectivity index (χ2v) is 6.53. The summed E-state index contributed by atoms with van der Waals surface area (Å²) in [5, 5.41) is 8.44. The minimum atomic E-state index is -4.75. The summed E-state index contributed by atoms with van der Waals surface area (Å²) in [4.78, 5) is 11.6. The van der Waals surface area contributed by atoms with E-state index in [1.54, 1.807) is 0 Å². The summed E-state index contributed by atoms with van der Waals surface area (Å²) in [6, 6.07) is -1.04. The number of hydrogen-bond donors (Lipinski definition) is 3. The number of nitrogens with two attached hydrogens (primary N) is 2. The molecule has 0 radical (unpaired) electrons. The van der Waals surface area contributed by atoms with Gasteiger partial charge in [-0.15, -0.1) is 14.5 Å². The van der Waals surface area contributed by atoms with Gasteiger partial charge in [-0.05, 0) is 32.2 Å². The summed E-state index contributed by atoms with van der Waals surface area (Å²) in [6.45, 7) is 0.517. The highest BCUT2D eigenvalue weighted by molar-refractivity contribution is 7.80. The fourth-order valence-corrected chi connectivity index (χ4v) is 2.86. The van der Waals surface area contributed by atoms with E-state index in [4.69, 9.17) is 20.4 Å². The van der Waals surface area contributed by atoms with Gasteiger partial charge in [0.1, 0.15) is 0 Å². The van der Waals surface area contributed by atoms with Crippen LogP contribution in [0.4, 0.5) is 0 Å². The molecule has 1 aliphatic rings. The fraction of sp³-hybridized carbons (Fsp3) is 0.750. The molecule has 24 heavy (non-hydrogen) atoms. The Hall–Kier alpha value is -1.60. The molecule has 1 unspecified atom stereocenters. The number of carbonyl (C=O) groups excluding carboxylic acids is 1. The van der Waals surface area contributed by atoms with E-state index in [0.29, 0.717) is 43.2 Å². The van der Waals surface area contributed by atoms with E-state index in [2.05, 4.69) is 14.5 Å². The van der Waals surface area contributed by atoms with E-state index in [-0.39, 0.29) is 12.3 Å². The van der Waals surface area contributed by atoms with Crippen LogP contribution in [-0.2, 0) is 25.9 Å². The van der Waals surface area contributed by atoms with Gasteiger partial charge in [0.15, 0.2) is 0 Å². The number of nitrogens with zero attached hydrogens (tertiary/aromatic N) is 3. The summed E-state index contributed by atoms with van der Waals surface area (Å²) in [5.74, 6) is 0.222. The molecular formula is C12H21N5O6S. The highest BCUT2D eigenvalue weighted by Crippen LogP contribution is 2.26. The van der Waals surface area contributed by atoms with Gasteiger partial charge >= 0.3 is 10.4 Å². The van der Waals surface area contributed by atoms with Crippen LogP contribution in [0.5, 0.6) is 0 Å². The quantitative estimate of drug-likeness (QED) is 0.483. The van der Waals surface area contributed by atoms with E-state index in [1.807, 2.05) is 0 Å². The molecule has 1 fully saturated rings. The Morgan fingerprint density at radius 2 is 2.21 bits per heavy atom. The van der Waals surface area contributed by atoms with Crippen molar-refractivity contribution in [2.75, 3.05) is 6.54 Å². The Kier molecular flexibility index (Phi) is 6.23. The highest BCUT2D eigenvalue weighted by atomic mass is 32.3. The first-order valence-electron chi connectivity index (χ1n) is 7.57. The summed E-state index contributed by atoms with van der Waals surface area (Å²) in [5.41, 5.74) is 11.4. The molecular weight excluding hydrogens is 342 g/mol. The maximum atomic E-state index is 11.6. The van der Waals surface area contributed by atoms with Gasteiger partial charge in [0, 0.05) is 12.8 Å². The smallest absolute Gasteiger partial charge is 0.418 e. The summed E-state index contributed by atoms with van der Waals surface area (Å²) in [7, 11) is -4.75. The molecule has 0 saturated carbocycles. The van der Waals surface area contributed by atoms with Gasteiger partial charge < -0.3 is 15.9 Å². The van der Waals surface area contributed by atoms with Crippen molar-refractivity contribution in [2.45, 2.75) is 50.6 Å². The van der Waals surface area contributed by atoms with Crippen molar-refractivity contribution in [1.82, 2.24) is 15.3 Å². The maximum Gasteiger partial charge on any atom is 0.418 e. The maximum absolute atomic E-state index is 11.6. The fourth-order valence-electron chi connectivity index (χ4n) is 2.45. The molecule has 0 spiro atoms. The molecule has 0 aliphatic carbocycles. The van der Waals surface area contributed by atoms with Crippen LogP contribution in [0.25, 0.3) is 0 Å². The third kappa shape index (κ3) is 5.21. The normalized spacial score (nSPS) is 19.9. The second-order valence-electron chi connectivity index (χ2n) is 5.52. The zero-order valence-electron chi connectivity index (χ0n) is 13.0. The van der Waals surface area contributed by atoms with Crippen molar-refractivity contribution in [3.63, 3.8) is 0 Å². The van der Waals surface area contributed by atoms with Crippen molar-refractivity contribution < 1.29 is 26.5 Å². The van der Waals surface area contributed by atoms with Crippen molar-refractivity contribution in [1.29, 1.82) is 0 Å². The molecule has 1 aromatic rings. The third-order valence-corrected chi connectivity index (χ3v) is 4.00. The summed E-state index contributed by atoms with van der Waals surface area (Å²) in [6.07, 6.45) is 2.59. The predicted molar refractivity (Wildman–Crippen MR) is 80.3 cm³/mol. The Morgan fingerprint density at radius 3 is 2.88 bits per heavy atom. The Labute approximate surface area is 139 Å². The first kappa shape index (κ1) is 18.7. The molecule has 0 bridgehead atoms. The molecule has 2 atom stereocenters. The van der Waals surface area contributed by atoms with Crippen molar-refractivity contribution >= 4 is 16.3 Å². The first-order valence-corrected chi connectivity index (χ1v) is 8.93. The van der Waals surface area contributed by atoms with Crippen LogP contribution < -0.4 is 11.5 Å². The zero-order valence-corrected chi connectivity index (χ0v) is 13.8. The van der Waals surface area contributed by atoms with Gasteiger partial charge in [-0.3, -0.25) is 9.35 Å². The molecule has 1 aliphatic heterocycles. The number of aryl methyl sites for hydroxylation is 1. The Bertz CT molecular complexity index is 663. The summed E-state index contributed by atoms with van der Waals surface area (Å²) >= 11 is 0. The lowest BCUT2D eigenvalue weighted by Crippen LogP contribution is -2.35. The van der Waals surface area contributed by atoms with E-state index in [1.165, 1.54) is 0 Å². The average molecular weight is 363 g/mol. The molecule has 0 aromatic carbocycles. The Balaban J connectivity index is 1.89. The molecule has 1 amide bonds. The predicted octanol–water partition coefficient (Wildman–Crippen LogP) is -0.534. The van der Waals surface area contributed by atoms with Gasteiger partial charge in [-0.25, -0.2) is 0 Å². The molecule has 11 nitrogen and oxygen atoms in total. The number of amides is 1. The van der Waals surface area contributed by atoms with Gasteiger partial charge in [0.05, 0.1) is 12.1 Å². The van der Waals surface area contributed by atoms with Crippen LogP contribution in [0.1, 0.15) is 49.9 Å². The second kappa shape index (κ2) is 7.98. The van der Waals surface area contributed by atoms with Gasteiger partial charge in [-0.1, -0.05) is 0 Å². The monoisotopic (exact) mass is 363 g/mol. The van der Waals surface area contributed by atoms with Gasteiger partial charge in [0.25, 0.3) is 0 Å². The number of hydrogen-bond acceptors (Lipinski definition) is 9. The third-order valence-electron chi connectivity index (χ3n) is 3.65. The van der Waals surface area contributed by atoms with Crippen LogP contribution in [0.3, 0.4) is 0 Å². The van der Waals surface area contributed by atoms with E-state index in [0.717, 1.165) is 6.42 Å². The zero-order chi connectivity index (χ0) is 17.7. The minimum Gasteiger partial charge on any atom is -0.424 e. The number of rotatable bonds is 9. The molecule has 12 heteroatoms. The first-order chi connectivity index (χ1) is 11.3. The molecule has 1 saturated heterocycles. The molecule has 5 N–H and O–H groups in total. The van der Waals surface area contributed by atoms with Crippen molar-refractivity contribution in [3.8, 4) is 0 Å². The minimum absolute atomic E-state index is 0.138. The molecule has 1 aromatic heterocycles. The lowest BCUT2D eigenvalue weighted by Gasteiger charge is -2.22. The SMILES string of the molecule is NCCCc1nnc(C(N)CC[C@@H]2CCC(=O)N2OS(=O)(=O)O)o1. The summed E-state index contributed by atoms with van der Waals surface area (Å²) < 4.78 is 40.1. The van der Waals surface area contributed by atoms with Crippen LogP contribution >= 0.6 is 0 Å². The highest BCUT2D eigenvalue weighted by Gasteiger charge is 2.35. The van der Waals surface area contributed by atoms with Gasteiger partial charge in [-0.2, -0.15) is 13.5 Å². The lowest BCUT2D eigenvalue weighted by atomic mass is 10.1. The Morgan fingerprint density at radius 1 is 1.46 bits per heavy atom. The standard InChI is InChI=1S/C12H21N5O6S/c13-7-1-2-10-15-16-12(22-10)9(14)5-3-8-4-6-11(18)17(8)23-24(19,20)21/h8-9H,1-7,13-14H2,(H,19,20,21)/t8-,9?/m1/s1. The van der Waals surface area contributed by atoms with E-state index < -0.39 is 28.4 Å². The number of carbonyl (C=O) groups is 1. The molecule has 2 rings (SSSR count). The molecule has 136 valence electrons. The average Bonchev–Trinajstić information content (AvgIpc) is 3.10. The number of aromatic nitrogens is 2. The van der Waals surface area contributed by atoms with E-state index in [9.17, 15) is 13.2 Å². The van der Waals surface area contributed by atoms with E-state index >= 15 is 0 Å². The van der Waals surface area contributed by atoms with Crippen LogP contribution in [0.2, 0.25) is 0 Å². The lowest BCUT2D eigenvalue weighted by molar-refractivity contribution is -0.157. The van der Waals surface area contributed by atoms with Crippen LogP contribution in [-0.4, -0.2) is 46.7 Å². The topological polar surface area (TPSA) is 175 Å². The van der Waals surface area contributed by atoms with Crippen molar-refractivity contribution in [3.05, 3.63) is 11.8 Å². The largest absolute Gasteiger partial charge is 0.424 e. The number of hydroxylamine groups is 2. The van der Waals surface area contributed by atoms with Crippen LogP contribution in [0.15, 0.2) is 4.42 Å². The molecule has 2 heterocycles. The van der Waals surface area contributed by atoms with Crippen molar-refractivity contribution in [2.24, 2.45) is 11.5 Å². The van der Waals surface area contributed by atoms with Gasteiger partial charge in [0.2, 0.25) is 17.7 Å².